The van der Waals surface area contributed by atoms with Crippen molar-refractivity contribution in [2.75, 3.05) is 31.5 Å². The molecule has 36 heavy (non-hydrogen) atoms. The average Bonchev–Trinajstić information content (AvgIpc) is 3.20. The molecule has 190 valence electrons. The van der Waals surface area contributed by atoms with E-state index in [1.807, 2.05) is 29.6 Å². The third-order valence-electron chi connectivity index (χ3n) is 8.72. The van der Waals surface area contributed by atoms with Gasteiger partial charge in [-0.3, -0.25) is 9.59 Å². The van der Waals surface area contributed by atoms with Gasteiger partial charge in [0.15, 0.2) is 5.13 Å². The van der Waals surface area contributed by atoms with Crippen molar-refractivity contribution in [2.45, 2.75) is 38.5 Å². The highest BCUT2D eigenvalue weighted by atomic mass is 35.5. The number of allylic oxidation sites excluding steroid dienone is 2. The number of aromatic nitrogens is 1. The molecule has 2 bridgehead atoms. The van der Waals surface area contributed by atoms with E-state index in [1.54, 1.807) is 0 Å². The van der Waals surface area contributed by atoms with Crippen molar-refractivity contribution in [3.05, 3.63) is 46.8 Å². The highest BCUT2D eigenvalue weighted by Gasteiger charge is 2.69. The lowest BCUT2D eigenvalue weighted by Crippen LogP contribution is -2.42. The zero-order valence-corrected chi connectivity index (χ0v) is 22.0. The van der Waals surface area contributed by atoms with E-state index in [0.717, 1.165) is 43.5 Å². The smallest absolute Gasteiger partial charge is 0.230 e. The first kappa shape index (κ1) is 24.1. The van der Waals surface area contributed by atoms with E-state index >= 15 is 0 Å². The Kier molecular flexibility index (Phi) is 6.65. The van der Waals surface area contributed by atoms with Crippen LogP contribution in [0.5, 0.6) is 0 Å². The topological polar surface area (TPSA) is 74.3 Å². The van der Waals surface area contributed by atoms with Crippen LogP contribution in [0.15, 0.2) is 41.8 Å². The fourth-order valence-corrected chi connectivity index (χ4v) is 7.63. The number of hydrogen-bond donors (Lipinski definition) is 2. The molecule has 6 rings (SSSR count). The standard InChI is InChI=1S/C28H33ClN4O2S/c29-19-7-5-18(6-8-19)22-17-36-27(31-22)32-26(35)24-21-10-9-20(28(21)11-12-28)23(24)25(34)30-13-1-2-14-33-15-3-4-16-33/h5-10,17,20-21,23-24H,1-4,11-16H2,(H,30,34)(H,31,32,35)/t20-,21-,23-,24-/m1/s1. The van der Waals surface area contributed by atoms with Crippen molar-refractivity contribution in [1.29, 1.82) is 0 Å². The summed E-state index contributed by atoms with van der Waals surface area (Å²) in [6.45, 7) is 4.22. The number of likely N-dealkylation sites (tertiary alicyclic amines) is 1. The quantitative estimate of drug-likeness (QED) is 0.348. The van der Waals surface area contributed by atoms with Crippen molar-refractivity contribution in [3.8, 4) is 11.3 Å². The molecular formula is C28H33ClN4O2S. The lowest BCUT2D eigenvalue weighted by Gasteiger charge is -2.26. The molecule has 4 atom stereocenters. The number of amides is 2. The normalized spacial score (nSPS) is 27.6. The summed E-state index contributed by atoms with van der Waals surface area (Å²) < 4.78 is 0. The van der Waals surface area contributed by atoms with Crippen LogP contribution < -0.4 is 10.6 Å². The van der Waals surface area contributed by atoms with Crippen LogP contribution in [0.4, 0.5) is 5.13 Å². The number of carbonyl (C=O) groups excluding carboxylic acids is 2. The maximum absolute atomic E-state index is 13.6. The maximum Gasteiger partial charge on any atom is 0.230 e. The molecule has 1 spiro atoms. The van der Waals surface area contributed by atoms with Gasteiger partial charge in [-0.15, -0.1) is 11.3 Å². The third kappa shape index (κ3) is 4.50. The Morgan fingerprint density at radius 3 is 2.42 bits per heavy atom. The lowest BCUT2D eigenvalue weighted by molar-refractivity contribution is -0.132. The van der Waals surface area contributed by atoms with Crippen LogP contribution >= 0.6 is 22.9 Å². The SMILES string of the molecule is O=C(NCCCCN1CCCC1)[C@H]1[C@H](C(=O)Nc2nc(-c3ccc(Cl)cc3)cs2)[C@H]2C=C[C@H]1C21CC1. The highest BCUT2D eigenvalue weighted by Crippen LogP contribution is 2.72. The van der Waals surface area contributed by atoms with Gasteiger partial charge < -0.3 is 15.5 Å². The molecule has 1 aromatic heterocycles. The first-order valence-corrected chi connectivity index (χ1v) is 14.5. The predicted molar refractivity (Wildman–Crippen MR) is 144 cm³/mol. The van der Waals surface area contributed by atoms with E-state index in [4.69, 9.17) is 11.6 Å². The molecule has 3 aliphatic carbocycles. The third-order valence-corrected chi connectivity index (χ3v) is 9.73. The molecule has 0 unspecified atom stereocenters. The molecule has 8 heteroatoms. The zero-order valence-electron chi connectivity index (χ0n) is 20.4. The Morgan fingerprint density at radius 2 is 1.72 bits per heavy atom. The molecule has 2 aromatic rings. The average molecular weight is 525 g/mol. The molecule has 2 amide bonds. The second-order valence-corrected chi connectivity index (χ2v) is 12.1. The van der Waals surface area contributed by atoms with E-state index < -0.39 is 0 Å². The van der Waals surface area contributed by atoms with Gasteiger partial charge in [0.2, 0.25) is 11.8 Å². The van der Waals surface area contributed by atoms with Gasteiger partial charge in [0.1, 0.15) is 0 Å². The number of nitrogens with zero attached hydrogens (tertiary/aromatic N) is 2. The van der Waals surface area contributed by atoms with Crippen molar-refractivity contribution in [1.82, 2.24) is 15.2 Å². The number of thiazole rings is 1. The summed E-state index contributed by atoms with van der Waals surface area (Å²) in [7, 11) is 0. The summed E-state index contributed by atoms with van der Waals surface area (Å²) in [4.78, 5) is 34.1. The molecule has 2 N–H and O–H groups in total. The van der Waals surface area contributed by atoms with Crippen molar-refractivity contribution < 1.29 is 9.59 Å². The summed E-state index contributed by atoms with van der Waals surface area (Å²) in [6.07, 6.45) is 11.3. The fourth-order valence-electron chi connectivity index (χ4n) is 6.78. The summed E-state index contributed by atoms with van der Waals surface area (Å²) >= 11 is 7.42. The largest absolute Gasteiger partial charge is 0.356 e. The molecule has 6 nitrogen and oxygen atoms in total. The van der Waals surface area contributed by atoms with Gasteiger partial charge in [0.25, 0.3) is 0 Å². The maximum atomic E-state index is 13.6. The monoisotopic (exact) mass is 524 g/mol. The summed E-state index contributed by atoms with van der Waals surface area (Å²) in [6, 6.07) is 7.51. The van der Waals surface area contributed by atoms with Gasteiger partial charge in [-0.05, 0) is 87.5 Å². The van der Waals surface area contributed by atoms with Gasteiger partial charge in [-0.25, -0.2) is 4.98 Å². The van der Waals surface area contributed by atoms with Crippen LogP contribution in [0.3, 0.4) is 0 Å². The molecule has 4 aliphatic rings. The molecule has 1 aliphatic heterocycles. The van der Waals surface area contributed by atoms with Gasteiger partial charge in [-0.2, -0.15) is 0 Å². The highest BCUT2D eigenvalue weighted by molar-refractivity contribution is 7.14. The van der Waals surface area contributed by atoms with Crippen LogP contribution in [-0.4, -0.2) is 47.9 Å². The minimum Gasteiger partial charge on any atom is -0.356 e. The lowest BCUT2D eigenvalue weighted by atomic mass is 9.81. The van der Waals surface area contributed by atoms with Gasteiger partial charge in [0, 0.05) is 22.5 Å². The Bertz CT molecular complexity index is 1150. The minimum absolute atomic E-state index is 0.0421. The number of anilines is 1. The predicted octanol–water partition coefficient (Wildman–Crippen LogP) is 5.22. The summed E-state index contributed by atoms with van der Waals surface area (Å²) in [5.74, 6) is -0.357. The molecule has 3 fully saturated rings. The van der Waals surface area contributed by atoms with Crippen LogP contribution in [-0.2, 0) is 9.59 Å². The minimum atomic E-state index is -0.338. The summed E-state index contributed by atoms with van der Waals surface area (Å²) in [5, 5.41) is 9.42. The number of hydrogen-bond acceptors (Lipinski definition) is 5. The zero-order chi connectivity index (χ0) is 24.7. The van der Waals surface area contributed by atoms with E-state index in [-0.39, 0.29) is 40.9 Å². The Morgan fingerprint density at radius 1 is 1.03 bits per heavy atom. The van der Waals surface area contributed by atoms with Crippen LogP contribution in [0.2, 0.25) is 5.02 Å². The van der Waals surface area contributed by atoms with Gasteiger partial charge in [0.05, 0.1) is 17.5 Å². The molecule has 0 radical (unpaired) electrons. The number of nitrogens with one attached hydrogen (secondary N) is 2. The molecule has 1 saturated heterocycles. The number of rotatable bonds is 9. The second kappa shape index (κ2) is 9.92. The van der Waals surface area contributed by atoms with Crippen molar-refractivity contribution in [2.24, 2.45) is 29.1 Å². The van der Waals surface area contributed by atoms with E-state index in [1.165, 1.54) is 37.3 Å². The first-order valence-electron chi connectivity index (χ1n) is 13.3. The number of unbranched alkanes of at least 4 members (excludes halogenated alkanes) is 1. The Balaban J connectivity index is 1.09. The molecule has 2 saturated carbocycles. The summed E-state index contributed by atoms with van der Waals surface area (Å²) in [5.41, 5.74) is 1.89. The number of benzene rings is 1. The van der Waals surface area contributed by atoms with Crippen LogP contribution in [0.25, 0.3) is 11.3 Å². The number of halogens is 1. The second-order valence-electron chi connectivity index (χ2n) is 10.8. The Hall–Kier alpha value is -2.22. The molecular weight excluding hydrogens is 492 g/mol. The fraction of sp³-hybridized carbons (Fsp3) is 0.536. The van der Waals surface area contributed by atoms with Crippen molar-refractivity contribution in [3.63, 3.8) is 0 Å². The van der Waals surface area contributed by atoms with E-state index in [9.17, 15) is 9.59 Å². The molecule has 1 aromatic carbocycles. The Labute approximate surface area is 221 Å². The van der Waals surface area contributed by atoms with Gasteiger partial charge in [-0.1, -0.05) is 35.9 Å². The van der Waals surface area contributed by atoms with Crippen molar-refractivity contribution >= 4 is 39.9 Å². The molecule has 2 heterocycles. The van der Waals surface area contributed by atoms with Crippen LogP contribution in [0, 0.1) is 29.1 Å². The van der Waals surface area contributed by atoms with Gasteiger partial charge >= 0.3 is 0 Å². The van der Waals surface area contributed by atoms with Crippen LogP contribution in [0.1, 0.15) is 38.5 Å². The van der Waals surface area contributed by atoms with E-state index in [0.29, 0.717) is 16.7 Å². The number of carbonyl (C=O) groups is 2. The van der Waals surface area contributed by atoms with E-state index in [2.05, 4.69) is 32.7 Å². The first-order chi connectivity index (χ1) is 17.5.